The molecule has 106 valence electrons. The Hall–Kier alpha value is -1.39. The molecule has 0 atom stereocenters. The number of thiazole rings is 1. The molecule has 1 heterocycles. The highest BCUT2D eigenvalue weighted by molar-refractivity contribution is 7.15. The molecule has 1 fully saturated rings. The molecular weight excluding hydrogens is 266 g/mol. The van der Waals surface area contributed by atoms with Crippen LogP contribution in [0.2, 0.25) is 0 Å². The SMILES string of the molecule is CN(C)c1ccc(-c2cnc(CNCC3CC3)s2)cc1. The lowest BCUT2D eigenvalue weighted by atomic mass is 10.2. The molecule has 0 bridgehead atoms. The standard InChI is InChI=1S/C16H21N3S/c1-19(2)14-7-5-13(6-8-14)15-10-18-16(20-15)11-17-9-12-3-4-12/h5-8,10,12,17H,3-4,9,11H2,1-2H3. The van der Waals surface area contributed by atoms with Crippen LogP contribution in [0.3, 0.4) is 0 Å². The van der Waals surface area contributed by atoms with Gasteiger partial charge in [0.05, 0.1) is 4.88 Å². The molecule has 1 N–H and O–H groups in total. The fourth-order valence-electron chi connectivity index (χ4n) is 2.15. The molecule has 1 aromatic carbocycles. The maximum Gasteiger partial charge on any atom is 0.107 e. The third-order valence-electron chi connectivity index (χ3n) is 3.63. The lowest BCUT2D eigenvalue weighted by molar-refractivity contribution is 0.637. The Bertz CT molecular complexity index is 555. The molecule has 20 heavy (non-hydrogen) atoms. The van der Waals surface area contributed by atoms with Crippen LogP contribution in [0, 0.1) is 5.92 Å². The number of benzene rings is 1. The van der Waals surface area contributed by atoms with E-state index in [1.807, 2.05) is 6.20 Å². The van der Waals surface area contributed by atoms with Crippen molar-refractivity contribution in [3.05, 3.63) is 35.5 Å². The van der Waals surface area contributed by atoms with Crippen molar-refractivity contribution in [2.75, 3.05) is 25.5 Å². The van der Waals surface area contributed by atoms with Gasteiger partial charge in [-0.1, -0.05) is 12.1 Å². The summed E-state index contributed by atoms with van der Waals surface area (Å²) in [7, 11) is 4.12. The molecule has 0 unspecified atom stereocenters. The molecule has 1 saturated carbocycles. The van der Waals surface area contributed by atoms with E-state index >= 15 is 0 Å². The predicted octanol–water partition coefficient (Wildman–Crippen LogP) is 3.38. The van der Waals surface area contributed by atoms with E-state index in [0.29, 0.717) is 0 Å². The summed E-state index contributed by atoms with van der Waals surface area (Å²) >= 11 is 1.79. The minimum absolute atomic E-state index is 0.900. The first kappa shape index (κ1) is 13.6. The minimum Gasteiger partial charge on any atom is -0.378 e. The lowest BCUT2D eigenvalue weighted by Crippen LogP contribution is -2.15. The lowest BCUT2D eigenvalue weighted by Gasteiger charge is -2.12. The van der Waals surface area contributed by atoms with E-state index in [4.69, 9.17) is 0 Å². The predicted molar refractivity (Wildman–Crippen MR) is 86.3 cm³/mol. The van der Waals surface area contributed by atoms with E-state index in [0.717, 1.165) is 19.0 Å². The third-order valence-corrected chi connectivity index (χ3v) is 4.67. The van der Waals surface area contributed by atoms with E-state index in [-0.39, 0.29) is 0 Å². The first-order chi connectivity index (χ1) is 9.72. The number of aromatic nitrogens is 1. The Morgan fingerprint density at radius 3 is 2.65 bits per heavy atom. The van der Waals surface area contributed by atoms with Gasteiger partial charge < -0.3 is 10.2 Å². The molecule has 3 rings (SSSR count). The van der Waals surface area contributed by atoms with Gasteiger partial charge in [0.25, 0.3) is 0 Å². The van der Waals surface area contributed by atoms with Crippen molar-refractivity contribution in [2.45, 2.75) is 19.4 Å². The summed E-state index contributed by atoms with van der Waals surface area (Å²) in [4.78, 5) is 7.88. The Balaban J connectivity index is 1.62. The van der Waals surface area contributed by atoms with Crippen molar-refractivity contribution < 1.29 is 0 Å². The van der Waals surface area contributed by atoms with Gasteiger partial charge in [0.15, 0.2) is 0 Å². The van der Waals surface area contributed by atoms with Crippen LogP contribution in [0.4, 0.5) is 5.69 Å². The molecule has 2 aromatic rings. The normalized spacial score (nSPS) is 14.5. The van der Waals surface area contributed by atoms with Crippen LogP contribution >= 0.6 is 11.3 Å². The molecule has 1 aliphatic rings. The van der Waals surface area contributed by atoms with E-state index in [1.165, 1.54) is 34.0 Å². The summed E-state index contributed by atoms with van der Waals surface area (Å²) in [6.07, 6.45) is 4.78. The van der Waals surface area contributed by atoms with Gasteiger partial charge >= 0.3 is 0 Å². The zero-order valence-corrected chi connectivity index (χ0v) is 12.9. The largest absolute Gasteiger partial charge is 0.378 e. The Morgan fingerprint density at radius 1 is 1.25 bits per heavy atom. The van der Waals surface area contributed by atoms with Gasteiger partial charge in [0.1, 0.15) is 5.01 Å². The van der Waals surface area contributed by atoms with Crippen LogP contribution in [-0.2, 0) is 6.54 Å². The fourth-order valence-corrected chi connectivity index (χ4v) is 3.05. The van der Waals surface area contributed by atoms with Gasteiger partial charge in [-0.05, 0) is 43.0 Å². The number of rotatable bonds is 6. The molecule has 1 aromatic heterocycles. The molecule has 3 nitrogen and oxygen atoms in total. The van der Waals surface area contributed by atoms with E-state index in [9.17, 15) is 0 Å². The smallest absolute Gasteiger partial charge is 0.107 e. The van der Waals surface area contributed by atoms with Gasteiger partial charge in [0.2, 0.25) is 0 Å². The maximum atomic E-state index is 4.51. The summed E-state index contributed by atoms with van der Waals surface area (Å²) in [5.41, 5.74) is 2.48. The van der Waals surface area contributed by atoms with Crippen LogP contribution in [-0.4, -0.2) is 25.6 Å². The summed E-state index contributed by atoms with van der Waals surface area (Å²) < 4.78 is 0. The van der Waals surface area contributed by atoms with Crippen LogP contribution in [0.1, 0.15) is 17.8 Å². The quantitative estimate of drug-likeness (QED) is 0.883. The zero-order chi connectivity index (χ0) is 13.9. The van der Waals surface area contributed by atoms with E-state index in [2.05, 4.69) is 53.6 Å². The highest BCUT2D eigenvalue weighted by Gasteiger charge is 2.20. The summed E-state index contributed by atoms with van der Waals surface area (Å²) in [6.45, 7) is 2.05. The second-order valence-corrected chi connectivity index (χ2v) is 6.75. The van der Waals surface area contributed by atoms with Gasteiger partial charge in [-0.2, -0.15) is 0 Å². The average Bonchev–Trinajstić information content (AvgIpc) is 3.15. The zero-order valence-electron chi connectivity index (χ0n) is 12.1. The van der Waals surface area contributed by atoms with Gasteiger partial charge in [0, 0.05) is 32.5 Å². The molecule has 0 saturated heterocycles. The number of nitrogens with zero attached hydrogens (tertiary/aromatic N) is 2. The second kappa shape index (κ2) is 5.94. The highest BCUT2D eigenvalue weighted by Crippen LogP contribution is 2.29. The van der Waals surface area contributed by atoms with Crippen molar-refractivity contribution in [3.8, 4) is 10.4 Å². The van der Waals surface area contributed by atoms with Crippen LogP contribution < -0.4 is 10.2 Å². The first-order valence-electron chi connectivity index (χ1n) is 7.15. The van der Waals surface area contributed by atoms with Crippen LogP contribution in [0.25, 0.3) is 10.4 Å². The van der Waals surface area contributed by atoms with Crippen molar-refractivity contribution in [3.63, 3.8) is 0 Å². The minimum atomic E-state index is 0.900. The Morgan fingerprint density at radius 2 is 2.00 bits per heavy atom. The Labute approximate surface area is 124 Å². The maximum absolute atomic E-state index is 4.51. The molecule has 1 aliphatic carbocycles. The monoisotopic (exact) mass is 287 g/mol. The highest BCUT2D eigenvalue weighted by atomic mass is 32.1. The second-order valence-electron chi connectivity index (χ2n) is 5.63. The summed E-state index contributed by atoms with van der Waals surface area (Å²) in [5.74, 6) is 0.924. The molecule has 4 heteroatoms. The van der Waals surface area contributed by atoms with Crippen molar-refractivity contribution in [1.82, 2.24) is 10.3 Å². The van der Waals surface area contributed by atoms with Gasteiger partial charge in [-0.15, -0.1) is 11.3 Å². The average molecular weight is 287 g/mol. The van der Waals surface area contributed by atoms with Crippen molar-refractivity contribution >= 4 is 17.0 Å². The summed E-state index contributed by atoms with van der Waals surface area (Å²) in [6, 6.07) is 8.65. The summed E-state index contributed by atoms with van der Waals surface area (Å²) in [5, 5.41) is 4.67. The van der Waals surface area contributed by atoms with E-state index < -0.39 is 0 Å². The van der Waals surface area contributed by atoms with Crippen molar-refractivity contribution in [1.29, 1.82) is 0 Å². The van der Waals surface area contributed by atoms with Gasteiger partial charge in [-0.3, -0.25) is 0 Å². The van der Waals surface area contributed by atoms with Crippen LogP contribution in [0.5, 0.6) is 0 Å². The fraction of sp³-hybridized carbons (Fsp3) is 0.438. The first-order valence-corrected chi connectivity index (χ1v) is 7.97. The molecular formula is C16H21N3S. The number of hydrogen-bond donors (Lipinski definition) is 1. The Kier molecular flexibility index (Phi) is 4.03. The molecule has 0 aliphatic heterocycles. The molecule has 0 amide bonds. The number of anilines is 1. The van der Waals surface area contributed by atoms with Gasteiger partial charge in [-0.25, -0.2) is 4.98 Å². The van der Waals surface area contributed by atoms with Crippen molar-refractivity contribution in [2.24, 2.45) is 5.92 Å². The number of nitrogens with one attached hydrogen (secondary N) is 1. The van der Waals surface area contributed by atoms with Crippen LogP contribution in [0.15, 0.2) is 30.5 Å². The molecule has 0 spiro atoms. The van der Waals surface area contributed by atoms with E-state index in [1.54, 1.807) is 11.3 Å². The third kappa shape index (κ3) is 3.38. The molecule has 0 radical (unpaired) electrons. The topological polar surface area (TPSA) is 28.2 Å². The number of hydrogen-bond acceptors (Lipinski definition) is 4.